The highest BCUT2D eigenvalue weighted by Crippen LogP contribution is 2.36. The number of aliphatic hydroxyl groups is 1. The summed E-state index contributed by atoms with van der Waals surface area (Å²) in [6.07, 6.45) is 1.45. The summed E-state index contributed by atoms with van der Waals surface area (Å²) >= 11 is 10.6. The number of nitrogens with two attached hydrogens (primary N) is 1. The number of rotatable bonds is 3. The van der Waals surface area contributed by atoms with E-state index in [4.69, 9.17) is 17.3 Å². The molecule has 0 fully saturated rings. The van der Waals surface area contributed by atoms with Gasteiger partial charge in [-0.1, -0.05) is 17.7 Å². The van der Waals surface area contributed by atoms with Crippen molar-refractivity contribution in [2.45, 2.75) is 12.5 Å². The van der Waals surface area contributed by atoms with Crippen LogP contribution in [0.3, 0.4) is 0 Å². The zero-order valence-electron chi connectivity index (χ0n) is 8.73. The number of aromatic nitrogens is 1. The molecule has 1 unspecified atom stereocenters. The Labute approximate surface area is 116 Å². The predicted octanol–water partition coefficient (Wildman–Crippen LogP) is 3.42. The quantitative estimate of drug-likeness (QED) is 0.905. The number of nitrogens with zero attached hydrogens (tertiary/aromatic N) is 1. The van der Waals surface area contributed by atoms with Gasteiger partial charge in [-0.15, -0.1) is 11.3 Å². The first-order valence-electron chi connectivity index (χ1n) is 4.90. The normalized spacial score (nSPS) is 12.6. The van der Waals surface area contributed by atoms with E-state index >= 15 is 0 Å². The van der Waals surface area contributed by atoms with Crippen molar-refractivity contribution in [3.05, 3.63) is 43.6 Å². The van der Waals surface area contributed by atoms with Crippen LogP contribution in [0.2, 0.25) is 4.34 Å². The third-order valence-electron chi connectivity index (χ3n) is 2.33. The van der Waals surface area contributed by atoms with Crippen LogP contribution in [0.25, 0.3) is 0 Å². The highest BCUT2D eigenvalue weighted by atomic mass is 79.9. The molecule has 3 N–H and O–H groups in total. The number of halogens is 2. The lowest BCUT2D eigenvalue weighted by Gasteiger charge is -2.09. The minimum absolute atomic E-state index is 0.433. The Hall–Kier alpha value is -0.620. The zero-order chi connectivity index (χ0) is 12.4. The van der Waals surface area contributed by atoms with Crippen LogP contribution in [0, 0.1) is 0 Å². The van der Waals surface area contributed by atoms with Gasteiger partial charge in [-0.2, -0.15) is 0 Å². The molecule has 0 aliphatic carbocycles. The summed E-state index contributed by atoms with van der Waals surface area (Å²) < 4.78 is 1.44. The van der Waals surface area contributed by atoms with Crippen molar-refractivity contribution in [3.8, 4) is 0 Å². The van der Waals surface area contributed by atoms with Crippen LogP contribution < -0.4 is 5.73 Å². The van der Waals surface area contributed by atoms with Gasteiger partial charge < -0.3 is 10.8 Å². The SMILES string of the molecule is Nc1ncccc1CC(O)c1cc(Br)c(Cl)s1. The summed E-state index contributed by atoms with van der Waals surface area (Å²) in [4.78, 5) is 4.79. The van der Waals surface area contributed by atoms with Crippen molar-refractivity contribution < 1.29 is 5.11 Å². The Balaban J connectivity index is 2.17. The molecule has 0 aliphatic heterocycles. The fourth-order valence-electron chi connectivity index (χ4n) is 1.46. The average molecular weight is 334 g/mol. The van der Waals surface area contributed by atoms with Gasteiger partial charge in [-0.3, -0.25) is 0 Å². The van der Waals surface area contributed by atoms with E-state index in [2.05, 4.69) is 20.9 Å². The van der Waals surface area contributed by atoms with Crippen LogP contribution in [0.15, 0.2) is 28.9 Å². The van der Waals surface area contributed by atoms with Crippen molar-refractivity contribution in [2.24, 2.45) is 0 Å². The van der Waals surface area contributed by atoms with Crippen LogP contribution in [-0.4, -0.2) is 10.1 Å². The van der Waals surface area contributed by atoms with Crippen molar-refractivity contribution >= 4 is 44.7 Å². The first kappa shape index (κ1) is 12.8. The van der Waals surface area contributed by atoms with E-state index in [1.165, 1.54) is 11.3 Å². The Kier molecular flexibility index (Phi) is 4.04. The minimum Gasteiger partial charge on any atom is -0.387 e. The summed E-state index contributed by atoms with van der Waals surface area (Å²) in [6.45, 7) is 0. The number of aliphatic hydroxyl groups excluding tert-OH is 1. The summed E-state index contributed by atoms with van der Waals surface area (Å²) in [6, 6.07) is 5.48. The molecule has 90 valence electrons. The Morgan fingerprint density at radius 2 is 2.35 bits per heavy atom. The van der Waals surface area contributed by atoms with Crippen LogP contribution >= 0.6 is 38.9 Å². The Bertz CT molecular complexity index is 512. The first-order chi connectivity index (χ1) is 8.08. The molecule has 0 saturated carbocycles. The molecule has 2 heterocycles. The lowest BCUT2D eigenvalue weighted by Crippen LogP contribution is -2.03. The minimum atomic E-state index is -0.615. The molecule has 0 aromatic carbocycles. The van der Waals surface area contributed by atoms with Crippen LogP contribution in [-0.2, 0) is 6.42 Å². The van der Waals surface area contributed by atoms with Crippen molar-refractivity contribution in [1.82, 2.24) is 4.98 Å². The molecular weight excluding hydrogens is 324 g/mol. The van der Waals surface area contributed by atoms with Gasteiger partial charge in [0.15, 0.2) is 0 Å². The smallest absolute Gasteiger partial charge is 0.126 e. The molecule has 0 radical (unpaired) electrons. The number of anilines is 1. The van der Waals surface area contributed by atoms with Gasteiger partial charge in [0.2, 0.25) is 0 Å². The topological polar surface area (TPSA) is 59.1 Å². The molecule has 1 atom stereocenters. The summed E-state index contributed by atoms with van der Waals surface area (Å²) in [5, 5.41) is 10.1. The second-order valence-electron chi connectivity index (χ2n) is 3.54. The second kappa shape index (κ2) is 5.35. The molecular formula is C11H10BrClN2OS. The number of nitrogen functional groups attached to an aromatic ring is 1. The third kappa shape index (κ3) is 2.98. The molecule has 0 bridgehead atoms. The molecule has 3 nitrogen and oxygen atoms in total. The second-order valence-corrected chi connectivity index (χ2v) is 6.08. The van der Waals surface area contributed by atoms with Crippen molar-refractivity contribution in [2.75, 3.05) is 5.73 Å². The molecule has 0 amide bonds. The Morgan fingerprint density at radius 3 is 2.94 bits per heavy atom. The van der Waals surface area contributed by atoms with E-state index in [1.807, 2.05) is 12.1 Å². The number of hydrogen-bond acceptors (Lipinski definition) is 4. The van der Waals surface area contributed by atoms with Gasteiger partial charge in [0.25, 0.3) is 0 Å². The van der Waals surface area contributed by atoms with Gasteiger partial charge >= 0.3 is 0 Å². The molecule has 0 saturated heterocycles. The summed E-state index contributed by atoms with van der Waals surface area (Å²) in [5.74, 6) is 0.452. The molecule has 2 aromatic rings. The standard InChI is InChI=1S/C11H10BrClN2OS/c12-7-5-9(17-10(7)13)8(16)4-6-2-1-3-15-11(6)14/h1-3,5,8,16H,4H2,(H2,14,15). The summed E-state index contributed by atoms with van der Waals surface area (Å²) in [5.41, 5.74) is 6.56. The van der Waals surface area contributed by atoms with E-state index in [0.29, 0.717) is 16.6 Å². The highest BCUT2D eigenvalue weighted by molar-refractivity contribution is 9.10. The largest absolute Gasteiger partial charge is 0.387 e. The summed E-state index contributed by atoms with van der Waals surface area (Å²) in [7, 11) is 0. The third-order valence-corrected chi connectivity index (χ3v) is 4.91. The predicted molar refractivity (Wildman–Crippen MR) is 74.3 cm³/mol. The van der Waals surface area contributed by atoms with E-state index in [-0.39, 0.29) is 0 Å². The number of hydrogen-bond donors (Lipinski definition) is 2. The molecule has 6 heteroatoms. The maximum absolute atomic E-state index is 10.1. The lowest BCUT2D eigenvalue weighted by molar-refractivity contribution is 0.182. The fourth-order valence-corrected chi connectivity index (χ4v) is 3.18. The molecule has 2 aromatic heterocycles. The van der Waals surface area contributed by atoms with Crippen LogP contribution in [0.5, 0.6) is 0 Å². The van der Waals surface area contributed by atoms with E-state index in [1.54, 1.807) is 12.3 Å². The van der Waals surface area contributed by atoms with E-state index in [9.17, 15) is 5.11 Å². The molecule has 0 aliphatic rings. The lowest BCUT2D eigenvalue weighted by atomic mass is 10.1. The first-order valence-corrected chi connectivity index (χ1v) is 6.89. The maximum Gasteiger partial charge on any atom is 0.126 e. The molecule has 0 spiro atoms. The van der Waals surface area contributed by atoms with Gasteiger partial charge in [-0.05, 0) is 33.6 Å². The molecule has 17 heavy (non-hydrogen) atoms. The average Bonchev–Trinajstić information content (AvgIpc) is 2.63. The fraction of sp³-hybridized carbons (Fsp3) is 0.182. The number of thiophene rings is 1. The van der Waals surface area contributed by atoms with Crippen molar-refractivity contribution in [1.29, 1.82) is 0 Å². The maximum atomic E-state index is 10.1. The van der Waals surface area contributed by atoms with Gasteiger partial charge in [-0.25, -0.2) is 4.98 Å². The van der Waals surface area contributed by atoms with Crippen LogP contribution in [0.1, 0.15) is 16.5 Å². The zero-order valence-corrected chi connectivity index (χ0v) is 11.9. The van der Waals surface area contributed by atoms with Crippen LogP contribution in [0.4, 0.5) is 5.82 Å². The van der Waals surface area contributed by atoms with E-state index in [0.717, 1.165) is 14.9 Å². The van der Waals surface area contributed by atoms with Gasteiger partial charge in [0.05, 0.1) is 6.10 Å². The van der Waals surface area contributed by atoms with E-state index < -0.39 is 6.10 Å². The number of pyridine rings is 1. The Morgan fingerprint density at radius 1 is 1.59 bits per heavy atom. The van der Waals surface area contributed by atoms with Crippen molar-refractivity contribution in [3.63, 3.8) is 0 Å². The molecule has 2 rings (SSSR count). The monoisotopic (exact) mass is 332 g/mol. The highest BCUT2D eigenvalue weighted by Gasteiger charge is 2.15. The van der Waals surface area contributed by atoms with Gasteiger partial charge in [0, 0.05) is 22.0 Å². The van der Waals surface area contributed by atoms with Gasteiger partial charge in [0.1, 0.15) is 10.2 Å².